The number of carbonyl (C=O) groups is 2. The molecule has 0 unspecified atom stereocenters. The minimum atomic E-state index is -0.311. The lowest BCUT2D eigenvalue weighted by Crippen LogP contribution is -2.42. The highest BCUT2D eigenvalue weighted by molar-refractivity contribution is 5.99. The third-order valence-electron chi connectivity index (χ3n) is 6.25. The Morgan fingerprint density at radius 3 is 2.18 bits per heavy atom. The molecule has 3 aromatic carbocycles. The van der Waals surface area contributed by atoms with Gasteiger partial charge in [-0.25, -0.2) is 9.48 Å². The molecule has 196 valence electrons. The number of hydrogen-bond donors (Lipinski definition) is 2. The van der Waals surface area contributed by atoms with Crippen molar-refractivity contribution >= 4 is 23.4 Å². The van der Waals surface area contributed by atoms with Gasteiger partial charge in [0, 0.05) is 17.8 Å². The number of benzene rings is 3. The quantitative estimate of drug-likeness (QED) is 0.281. The van der Waals surface area contributed by atoms with E-state index in [1.54, 1.807) is 9.58 Å². The largest absolute Gasteiger partial charge is 0.322 e. The van der Waals surface area contributed by atoms with Crippen LogP contribution in [0.25, 0.3) is 16.8 Å². The summed E-state index contributed by atoms with van der Waals surface area (Å²) in [7, 11) is 0. The van der Waals surface area contributed by atoms with Crippen LogP contribution in [-0.4, -0.2) is 39.7 Å². The first-order valence-corrected chi connectivity index (χ1v) is 12.9. The van der Waals surface area contributed by atoms with Gasteiger partial charge in [0.05, 0.1) is 11.4 Å². The Labute approximate surface area is 224 Å². The van der Waals surface area contributed by atoms with Gasteiger partial charge in [-0.3, -0.25) is 4.79 Å². The molecule has 0 fully saturated rings. The first-order valence-electron chi connectivity index (χ1n) is 12.9. The molecule has 2 N–H and O–H groups in total. The van der Waals surface area contributed by atoms with Crippen LogP contribution < -0.4 is 10.6 Å². The third-order valence-corrected chi connectivity index (χ3v) is 6.25. The first kappa shape index (κ1) is 26.7. The molecule has 3 amide bonds. The fraction of sp³-hybridized carbons (Fsp3) is 0.258. The summed E-state index contributed by atoms with van der Waals surface area (Å²) in [6, 6.07) is 25.2. The molecule has 0 aliphatic heterocycles. The highest BCUT2D eigenvalue weighted by Crippen LogP contribution is 2.33. The van der Waals surface area contributed by atoms with Crippen molar-refractivity contribution in [2.75, 3.05) is 23.7 Å². The van der Waals surface area contributed by atoms with Crippen LogP contribution in [0.5, 0.6) is 0 Å². The summed E-state index contributed by atoms with van der Waals surface area (Å²) < 4.78 is 1.76. The summed E-state index contributed by atoms with van der Waals surface area (Å²) in [5, 5.41) is 10.8. The van der Waals surface area contributed by atoms with Gasteiger partial charge in [-0.1, -0.05) is 80.1 Å². The summed E-state index contributed by atoms with van der Waals surface area (Å²) in [5.41, 5.74) is 6.26. The Morgan fingerprint density at radius 2 is 1.53 bits per heavy atom. The second kappa shape index (κ2) is 11.8. The standard InChI is InChI=1S/C31H35N5O2/c1-21(2)19-35(31(38)32-27-14-10-9-11-23(27)4)20-28(37)33-30-29(25-12-7-6-8-13-25)24(5)34-36(30)26-17-15-22(3)16-18-26/h6-18,21H,19-20H2,1-5H3,(H,32,38)(H,33,37). The second-order valence-electron chi connectivity index (χ2n) is 9.99. The van der Waals surface area contributed by atoms with Crippen molar-refractivity contribution in [3.05, 3.63) is 95.7 Å². The Bertz CT molecular complexity index is 1410. The maximum absolute atomic E-state index is 13.5. The van der Waals surface area contributed by atoms with Crippen LogP contribution in [-0.2, 0) is 4.79 Å². The minimum absolute atomic E-state index is 0.0950. The fourth-order valence-corrected chi connectivity index (χ4v) is 4.38. The number of amides is 3. The molecule has 0 atom stereocenters. The maximum Gasteiger partial charge on any atom is 0.322 e. The van der Waals surface area contributed by atoms with Crippen LogP contribution in [0, 0.1) is 26.7 Å². The van der Waals surface area contributed by atoms with E-state index in [-0.39, 0.29) is 24.4 Å². The van der Waals surface area contributed by atoms with Crippen LogP contribution in [0.4, 0.5) is 16.3 Å². The van der Waals surface area contributed by atoms with Gasteiger partial charge in [0.15, 0.2) is 0 Å². The number of aryl methyl sites for hydroxylation is 3. The predicted octanol–water partition coefficient (Wildman–Crippen LogP) is 6.59. The van der Waals surface area contributed by atoms with Crippen LogP contribution in [0.15, 0.2) is 78.9 Å². The van der Waals surface area contributed by atoms with E-state index in [1.165, 1.54) is 0 Å². The average Bonchev–Trinajstić information content (AvgIpc) is 3.21. The highest BCUT2D eigenvalue weighted by Gasteiger charge is 2.23. The normalized spacial score (nSPS) is 10.9. The van der Waals surface area contributed by atoms with Crippen molar-refractivity contribution in [2.45, 2.75) is 34.6 Å². The van der Waals surface area contributed by atoms with Gasteiger partial charge in [0.2, 0.25) is 5.91 Å². The number of rotatable bonds is 8. The lowest BCUT2D eigenvalue weighted by atomic mass is 10.1. The average molecular weight is 510 g/mol. The number of urea groups is 1. The van der Waals surface area contributed by atoms with Crippen LogP contribution >= 0.6 is 0 Å². The van der Waals surface area contributed by atoms with Crippen LogP contribution in [0.1, 0.15) is 30.7 Å². The molecule has 0 bridgehead atoms. The zero-order chi connectivity index (χ0) is 27.2. The van der Waals surface area contributed by atoms with E-state index in [2.05, 4.69) is 10.6 Å². The number of aromatic nitrogens is 2. The van der Waals surface area contributed by atoms with Gasteiger partial charge in [0.25, 0.3) is 0 Å². The summed E-state index contributed by atoms with van der Waals surface area (Å²) in [6.45, 7) is 10.3. The van der Waals surface area contributed by atoms with Crippen molar-refractivity contribution in [3.63, 3.8) is 0 Å². The summed E-state index contributed by atoms with van der Waals surface area (Å²) in [6.07, 6.45) is 0. The van der Waals surface area contributed by atoms with Gasteiger partial charge in [-0.05, 0) is 56.0 Å². The molecular formula is C31H35N5O2. The number of anilines is 2. The topological polar surface area (TPSA) is 79.3 Å². The lowest BCUT2D eigenvalue weighted by molar-refractivity contribution is -0.116. The van der Waals surface area contributed by atoms with Gasteiger partial charge < -0.3 is 15.5 Å². The zero-order valence-electron chi connectivity index (χ0n) is 22.7. The number of nitrogens with one attached hydrogen (secondary N) is 2. The molecule has 1 aromatic heterocycles. The molecular weight excluding hydrogens is 474 g/mol. The molecule has 7 nitrogen and oxygen atoms in total. The maximum atomic E-state index is 13.5. The van der Waals surface area contributed by atoms with Gasteiger partial charge in [0.1, 0.15) is 12.4 Å². The molecule has 4 aromatic rings. The van der Waals surface area contributed by atoms with Crippen molar-refractivity contribution in [1.29, 1.82) is 0 Å². The molecule has 1 heterocycles. The third kappa shape index (κ3) is 6.29. The zero-order valence-corrected chi connectivity index (χ0v) is 22.7. The molecule has 7 heteroatoms. The van der Waals surface area contributed by atoms with Crippen LogP contribution in [0.2, 0.25) is 0 Å². The van der Waals surface area contributed by atoms with Gasteiger partial charge in [-0.2, -0.15) is 5.10 Å². The van der Waals surface area contributed by atoms with Gasteiger partial charge >= 0.3 is 6.03 Å². The van der Waals surface area contributed by atoms with E-state index >= 15 is 0 Å². The molecule has 0 aliphatic rings. The molecule has 0 saturated heterocycles. The molecule has 0 radical (unpaired) electrons. The van der Waals surface area contributed by atoms with Crippen molar-refractivity contribution in [3.8, 4) is 16.8 Å². The number of carbonyl (C=O) groups excluding carboxylic acids is 2. The predicted molar refractivity (Wildman–Crippen MR) is 154 cm³/mol. The number of para-hydroxylation sites is 1. The van der Waals surface area contributed by atoms with Gasteiger partial charge in [-0.15, -0.1) is 0 Å². The van der Waals surface area contributed by atoms with E-state index in [0.717, 1.165) is 39.3 Å². The highest BCUT2D eigenvalue weighted by atomic mass is 16.2. The minimum Gasteiger partial charge on any atom is -0.315 e. The lowest BCUT2D eigenvalue weighted by Gasteiger charge is -2.25. The van der Waals surface area contributed by atoms with Crippen molar-refractivity contribution in [1.82, 2.24) is 14.7 Å². The Morgan fingerprint density at radius 1 is 0.868 bits per heavy atom. The molecule has 0 saturated carbocycles. The summed E-state index contributed by atoms with van der Waals surface area (Å²) >= 11 is 0. The fourth-order valence-electron chi connectivity index (χ4n) is 4.38. The van der Waals surface area contributed by atoms with E-state index in [9.17, 15) is 9.59 Å². The Hall–Kier alpha value is -4.39. The molecule has 0 aliphatic carbocycles. The first-order chi connectivity index (χ1) is 18.2. The van der Waals surface area contributed by atoms with E-state index in [1.807, 2.05) is 113 Å². The van der Waals surface area contributed by atoms with Crippen molar-refractivity contribution in [2.24, 2.45) is 5.92 Å². The smallest absolute Gasteiger partial charge is 0.315 e. The second-order valence-corrected chi connectivity index (χ2v) is 9.99. The SMILES string of the molecule is Cc1ccc(-n2nc(C)c(-c3ccccc3)c2NC(=O)CN(CC(C)C)C(=O)Nc2ccccc2C)cc1. The van der Waals surface area contributed by atoms with E-state index in [0.29, 0.717) is 12.4 Å². The van der Waals surface area contributed by atoms with Crippen LogP contribution in [0.3, 0.4) is 0 Å². The monoisotopic (exact) mass is 509 g/mol. The Kier molecular flexibility index (Phi) is 8.26. The van der Waals surface area contributed by atoms with E-state index in [4.69, 9.17) is 5.10 Å². The number of nitrogens with zero attached hydrogens (tertiary/aromatic N) is 3. The summed E-state index contributed by atoms with van der Waals surface area (Å²) in [4.78, 5) is 28.3. The van der Waals surface area contributed by atoms with Crippen molar-refractivity contribution < 1.29 is 9.59 Å². The van der Waals surface area contributed by atoms with E-state index < -0.39 is 0 Å². The molecule has 38 heavy (non-hydrogen) atoms. The molecule has 0 spiro atoms. The Balaban J connectivity index is 1.64. The summed E-state index contributed by atoms with van der Waals surface area (Å²) in [5.74, 6) is 0.466. The number of hydrogen-bond acceptors (Lipinski definition) is 3. The molecule has 4 rings (SSSR count).